The molecule has 3 N–H and O–H groups in total. The van der Waals surface area contributed by atoms with Crippen molar-refractivity contribution in [3.8, 4) is 0 Å². The Labute approximate surface area is 103 Å². The predicted octanol–water partition coefficient (Wildman–Crippen LogP) is 0.629. The Morgan fingerprint density at radius 2 is 2.41 bits per heavy atom. The van der Waals surface area contributed by atoms with Crippen LogP contribution in [0.1, 0.15) is 33.1 Å². The molecule has 1 amide bonds. The third-order valence-corrected chi connectivity index (χ3v) is 3.55. The number of piperidine rings is 1. The normalized spacial score (nSPS) is 20.1. The molecule has 5 nitrogen and oxygen atoms in total. The van der Waals surface area contributed by atoms with E-state index in [0.29, 0.717) is 5.01 Å². The minimum atomic E-state index is -0.598. The van der Waals surface area contributed by atoms with Gasteiger partial charge in [0, 0.05) is 11.8 Å². The molecule has 1 fully saturated rings. The summed E-state index contributed by atoms with van der Waals surface area (Å²) in [4.78, 5) is 26.6. The number of primary amides is 1. The fourth-order valence-electron chi connectivity index (χ4n) is 1.81. The highest BCUT2D eigenvalue weighted by Gasteiger charge is 2.20. The highest BCUT2D eigenvalue weighted by atomic mass is 32.1. The van der Waals surface area contributed by atoms with E-state index in [9.17, 15) is 9.59 Å². The Morgan fingerprint density at radius 3 is 3.00 bits per heavy atom. The van der Waals surface area contributed by atoms with Crippen molar-refractivity contribution in [2.24, 2.45) is 11.7 Å². The second-order valence-corrected chi connectivity index (χ2v) is 4.90. The summed E-state index contributed by atoms with van der Waals surface area (Å²) in [6, 6.07) is 0. The van der Waals surface area contributed by atoms with Gasteiger partial charge in [-0.05, 0) is 31.8 Å². The van der Waals surface area contributed by atoms with Crippen molar-refractivity contribution in [2.45, 2.75) is 12.8 Å². The zero-order chi connectivity index (χ0) is 12.3. The van der Waals surface area contributed by atoms with Crippen LogP contribution in [0.25, 0.3) is 0 Å². The Kier molecular flexibility index (Phi) is 3.86. The number of amides is 1. The first-order chi connectivity index (χ1) is 8.16. The Hall–Kier alpha value is -1.27. The van der Waals surface area contributed by atoms with Crippen molar-refractivity contribution in [3.63, 3.8) is 0 Å². The summed E-state index contributed by atoms with van der Waals surface area (Å²) < 4.78 is 0. The number of nitrogens with two attached hydrogens (primary N) is 1. The maximum absolute atomic E-state index is 11.9. The molecule has 1 aliphatic rings. The average Bonchev–Trinajstić information content (AvgIpc) is 2.79. The lowest BCUT2D eigenvalue weighted by Gasteiger charge is -2.21. The van der Waals surface area contributed by atoms with Gasteiger partial charge in [0.05, 0.1) is 0 Å². The second-order valence-electron chi connectivity index (χ2n) is 4.04. The standard InChI is InChI=1S/C11H14N3O2S/c12-10(16)8-6-17-11(14-8)9(15)4-7-2-1-3-13-5-7/h4,6-7,13H,1-3,5H2,(H2,12,16). The lowest BCUT2D eigenvalue weighted by Crippen LogP contribution is -2.31. The topological polar surface area (TPSA) is 85.1 Å². The lowest BCUT2D eigenvalue weighted by molar-refractivity contribution is 0.0996. The maximum atomic E-state index is 11.9. The van der Waals surface area contributed by atoms with E-state index >= 15 is 0 Å². The first kappa shape index (κ1) is 12.2. The molecular weight excluding hydrogens is 238 g/mol. The number of rotatable bonds is 4. The van der Waals surface area contributed by atoms with Gasteiger partial charge in [0.1, 0.15) is 5.69 Å². The zero-order valence-electron chi connectivity index (χ0n) is 9.31. The summed E-state index contributed by atoms with van der Waals surface area (Å²) in [7, 11) is 0. The van der Waals surface area contributed by atoms with Crippen LogP contribution in [-0.2, 0) is 0 Å². The molecule has 6 heteroatoms. The fourth-order valence-corrected chi connectivity index (χ4v) is 2.53. The summed E-state index contributed by atoms with van der Waals surface area (Å²) in [5.74, 6) is -0.451. The quantitative estimate of drug-likeness (QED) is 0.770. The molecule has 2 rings (SSSR count). The molecule has 91 valence electrons. The molecule has 2 heterocycles. The van der Waals surface area contributed by atoms with Gasteiger partial charge in [0.2, 0.25) is 0 Å². The smallest absolute Gasteiger partial charge is 0.268 e. The molecule has 1 saturated heterocycles. The van der Waals surface area contributed by atoms with E-state index in [1.54, 1.807) is 6.42 Å². The van der Waals surface area contributed by atoms with Crippen LogP contribution < -0.4 is 11.1 Å². The number of thiazole rings is 1. The minimum Gasteiger partial charge on any atom is -0.364 e. The number of hydrogen-bond acceptors (Lipinski definition) is 5. The van der Waals surface area contributed by atoms with Crippen molar-refractivity contribution in [1.29, 1.82) is 0 Å². The summed E-state index contributed by atoms with van der Waals surface area (Å²) in [5, 5.41) is 5.09. The summed E-state index contributed by atoms with van der Waals surface area (Å²) in [5.41, 5.74) is 5.25. The van der Waals surface area contributed by atoms with E-state index in [0.717, 1.165) is 37.3 Å². The predicted molar refractivity (Wildman–Crippen MR) is 64.9 cm³/mol. The van der Waals surface area contributed by atoms with Crippen LogP contribution in [0.2, 0.25) is 0 Å². The van der Waals surface area contributed by atoms with Crippen molar-refractivity contribution >= 4 is 23.0 Å². The first-order valence-corrected chi connectivity index (χ1v) is 6.40. The molecule has 1 aliphatic heterocycles. The molecular formula is C11H14N3O2S. The Morgan fingerprint density at radius 1 is 1.59 bits per heavy atom. The van der Waals surface area contributed by atoms with Crippen LogP contribution in [0, 0.1) is 12.3 Å². The van der Waals surface area contributed by atoms with Crippen LogP contribution in [0.4, 0.5) is 0 Å². The second kappa shape index (κ2) is 5.37. The number of hydrogen-bond donors (Lipinski definition) is 2. The van der Waals surface area contributed by atoms with Crippen molar-refractivity contribution < 1.29 is 9.59 Å². The van der Waals surface area contributed by atoms with E-state index < -0.39 is 5.91 Å². The van der Waals surface area contributed by atoms with Crippen LogP contribution in [0.15, 0.2) is 5.38 Å². The molecule has 1 radical (unpaired) electrons. The molecule has 1 atom stereocenters. The van der Waals surface area contributed by atoms with E-state index in [2.05, 4.69) is 10.3 Å². The van der Waals surface area contributed by atoms with Gasteiger partial charge < -0.3 is 11.1 Å². The number of nitrogens with one attached hydrogen (secondary N) is 1. The van der Waals surface area contributed by atoms with Crippen molar-refractivity contribution in [1.82, 2.24) is 10.3 Å². The molecule has 0 spiro atoms. The largest absolute Gasteiger partial charge is 0.364 e. The first-order valence-electron chi connectivity index (χ1n) is 5.52. The van der Waals surface area contributed by atoms with Gasteiger partial charge in [0.25, 0.3) is 5.91 Å². The number of carbonyl (C=O) groups excluding carboxylic acids is 2. The molecule has 17 heavy (non-hydrogen) atoms. The van der Waals surface area contributed by atoms with Crippen LogP contribution in [0.5, 0.6) is 0 Å². The van der Waals surface area contributed by atoms with Gasteiger partial charge in [-0.15, -0.1) is 11.3 Å². The summed E-state index contributed by atoms with van der Waals surface area (Å²) in [6.45, 7) is 1.85. The van der Waals surface area contributed by atoms with Crippen LogP contribution in [-0.4, -0.2) is 29.8 Å². The monoisotopic (exact) mass is 252 g/mol. The molecule has 1 aromatic heterocycles. The van der Waals surface area contributed by atoms with Gasteiger partial charge in [-0.3, -0.25) is 9.59 Å². The highest BCUT2D eigenvalue weighted by molar-refractivity contribution is 7.12. The highest BCUT2D eigenvalue weighted by Crippen LogP contribution is 2.18. The van der Waals surface area contributed by atoms with Crippen LogP contribution in [0.3, 0.4) is 0 Å². The van der Waals surface area contributed by atoms with Gasteiger partial charge >= 0.3 is 0 Å². The number of ketones is 1. The summed E-state index contributed by atoms with van der Waals surface area (Å²) in [6.07, 6.45) is 3.79. The fraction of sp³-hybridized carbons (Fsp3) is 0.455. The number of Topliss-reactive ketones (excluding diaryl/α,β-unsaturated/α-hetero) is 1. The number of aromatic nitrogens is 1. The van der Waals surface area contributed by atoms with Gasteiger partial charge in [-0.1, -0.05) is 0 Å². The molecule has 0 aromatic carbocycles. The van der Waals surface area contributed by atoms with Crippen molar-refractivity contribution in [2.75, 3.05) is 13.1 Å². The number of nitrogens with zero attached hydrogens (tertiary/aromatic N) is 1. The summed E-state index contributed by atoms with van der Waals surface area (Å²) >= 11 is 1.16. The SMILES string of the molecule is NC(=O)c1csc(C(=O)[CH]C2CCCNC2)n1. The molecule has 0 saturated carbocycles. The van der Waals surface area contributed by atoms with E-state index in [4.69, 9.17) is 5.73 Å². The molecule has 1 unspecified atom stereocenters. The zero-order valence-corrected chi connectivity index (χ0v) is 10.1. The molecule has 1 aromatic rings. The third-order valence-electron chi connectivity index (χ3n) is 2.69. The van der Waals surface area contributed by atoms with Gasteiger partial charge in [-0.2, -0.15) is 0 Å². The van der Waals surface area contributed by atoms with Gasteiger partial charge in [0.15, 0.2) is 10.8 Å². The van der Waals surface area contributed by atoms with E-state index in [1.165, 1.54) is 5.38 Å². The third kappa shape index (κ3) is 3.10. The molecule has 0 bridgehead atoms. The molecule has 0 aliphatic carbocycles. The van der Waals surface area contributed by atoms with Crippen molar-refractivity contribution in [3.05, 3.63) is 22.5 Å². The van der Waals surface area contributed by atoms with Gasteiger partial charge in [-0.25, -0.2) is 4.98 Å². The van der Waals surface area contributed by atoms with Crippen LogP contribution >= 0.6 is 11.3 Å². The van der Waals surface area contributed by atoms with E-state index in [-0.39, 0.29) is 17.4 Å². The van der Waals surface area contributed by atoms with E-state index in [1.807, 2.05) is 0 Å². The Balaban J connectivity index is 1.96. The average molecular weight is 252 g/mol. The lowest BCUT2D eigenvalue weighted by atomic mass is 9.94. The number of carbonyl (C=O) groups is 2. The maximum Gasteiger partial charge on any atom is 0.268 e. The Bertz CT molecular complexity index is 424. The minimum absolute atomic E-state index is 0.115.